The van der Waals surface area contributed by atoms with Crippen LogP contribution < -0.4 is 5.32 Å². The van der Waals surface area contributed by atoms with E-state index in [1.807, 2.05) is 17.0 Å². The van der Waals surface area contributed by atoms with Gasteiger partial charge in [0.1, 0.15) is 17.6 Å². The summed E-state index contributed by atoms with van der Waals surface area (Å²) in [6, 6.07) is 4.80. The van der Waals surface area contributed by atoms with E-state index in [2.05, 4.69) is 15.2 Å². The molecule has 0 aliphatic carbocycles. The summed E-state index contributed by atoms with van der Waals surface area (Å²) in [5.41, 5.74) is 1.83. The highest BCUT2D eigenvalue weighted by molar-refractivity contribution is 5.93. The number of fused-ring (bicyclic) bond motifs is 1. The molecule has 0 unspecified atom stereocenters. The summed E-state index contributed by atoms with van der Waals surface area (Å²) >= 11 is 0. The Labute approximate surface area is 152 Å². The number of nitrogens with zero attached hydrogens (tertiary/aromatic N) is 3. The zero-order chi connectivity index (χ0) is 18.9. The summed E-state index contributed by atoms with van der Waals surface area (Å²) in [6.07, 6.45) is -0.778. The first kappa shape index (κ1) is 18.2. The minimum Gasteiger partial charge on any atom is -0.444 e. The number of carbonyl (C=O) groups excluding carboxylic acids is 1. The van der Waals surface area contributed by atoms with Crippen LogP contribution in [0.1, 0.15) is 32.8 Å². The van der Waals surface area contributed by atoms with Crippen molar-refractivity contribution < 1.29 is 13.9 Å². The molecule has 1 aromatic rings. The van der Waals surface area contributed by atoms with Crippen LogP contribution in [0.25, 0.3) is 4.85 Å². The molecule has 1 aromatic carbocycles. The van der Waals surface area contributed by atoms with Gasteiger partial charge in [-0.25, -0.2) is 19.0 Å². The molecule has 6 nitrogen and oxygen atoms in total. The van der Waals surface area contributed by atoms with Crippen molar-refractivity contribution in [3.8, 4) is 0 Å². The topological polar surface area (TPSA) is 58.3 Å². The monoisotopic (exact) mass is 358 g/mol. The second kappa shape index (κ2) is 6.94. The number of alkyl halides is 1. The molecule has 2 atom stereocenters. The summed E-state index contributed by atoms with van der Waals surface area (Å²) in [7, 11) is 0. The van der Waals surface area contributed by atoms with E-state index in [4.69, 9.17) is 11.3 Å². The molecule has 26 heavy (non-hydrogen) atoms. The fraction of sp³-hybridized carbons (Fsp3) is 0.526. The van der Waals surface area contributed by atoms with E-state index >= 15 is 0 Å². The number of rotatable bonds is 1. The fourth-order valence-corrected chi connectivity index (χ4v) is 3.18. The molecule has 0 radical (unpaired) electrons. The van der Waals surface area contributed by atoms with Gasteiger partial charge in [-0.1, -0.05) is 12.1 Å². The Morgan fingerprint density at radius 2 is 2.23 bits per heavy atom. The number of halogens is 1. The molecule has 1 N–H and O–H groups in total. The van der Waals surface area contributed by atoms with Gasteiger partial charge >= 0.3 is 6.09 Å². The minimum absolute atomic E-state index is 0.323. The van der Waals surface area contributed by atoms with Crippen LogP contribution in [0.2, 0.25) is 0 Å². The van der Waals surface area contributed by atoms with Gasteiger partial charge in [-0.15, -0.1) is 0 Å². The van der Waals surface area contributed by atoms with Crippen molar-refractivity contribution in [3.05, 3.63) is 35.2 Å². The summed E-state index contributed by atoms with van der Waals surface area (Å²) in [4.78, 5) is 22.0. The van der Waals surface area contributed by atoms with Crippen molar-refractivity contribution in [1.82, 2.24) is 10.2 Å². The molecule has 0 saturated carbocycles. The van der Waals surface area contributed by atoms with Crippen molar-refractivity contribution in [2.75, 3.05) is 13.1 Å². The third kappa shape index (κ3) is 4.13. The Morgan fingerprint density at radius 1 is 1.46 bits per heavy atom. The molecule has 2 aliphatic rings. The van der Waals surface area contributed by atoms with Crippen molar-refractivity contribution in [1.29, 1.82) is 0 Å². The van der Waals surface area contributed by atoms with Crippen LogP contribution in [-0.2, 0) is 11.2 Å². The maximum Gasteiger partial charge on any atom is 0.408 e. The zero-order valence-corrected chi connectivity index (χ0v) is 15.3. The maximum atomic E-state index is 14.3. The number of amides is 1. The van der Waals surface area contributed by atoms with Crippen LogP contribution in [0.5, 0.6) is 0 Å². The molecule has 0 spiro atoms. The average Bonchev–Trinajstić information content (AvgIpc) is 2.98. The Morgan fingerprint density at radius 3 is 2.92 bits per heavy atom. The smallest absolute Gasteiger partial charge is 0.408 e. The third-order valence-corrected chi connectivity index (χ3v) is 4.39. The molecule has 0 bridgehead atoms. The minimum atomic E-state index is -1.11. The first-order valence-corrected chi connectivity index (χ1v) is 8.71. The molecule has 7 heteroatoms. The Hall–Kier alpha value is -2.62. The number of piperidine rings is 1. The highest BCUT2D eigenvalue weighted by Crippen LogP contribution is 2.32. The van der Waals surface area contributed by atoms with Crippen LogP contribution in [0.4, 0.5) is 20.6 Å². The van der Waals surface area contributed by atoms with Gasteiger partial charge in [-0.3, -0.25) is 0 Å². The SMILES string of the molecule is [C-]#[N+]c1ccc2c(c1)CC(N1CC[C@@H](F)[C@H](NC(=O)OC(C)(C)C)C1)=N2. The Kier molecular flexibility index (Phi) is 4.86. The van der Waals surface area contributed by atoms with E-state index in [9.17, 15) is 9.18 Å². The number of benzene rings is 1. The summed E-state index contributed by atoms with van der Waals surface area (Å²) in [6.45, 7) is 13.3. The van der Waals surface area contributed by atoms with Gasteiger partial charge in [-0.2, -0.15) is 0 Å². The lowest BCUT2D eigenvalue weighted by atomic mass is 10.0. The zero-order valence-electron chi connectivity index (χ0n) is 15.3. The quantitative estimate of drug-likeness (QED) is 0.778. The predicted octanol–water partition coefficient (Wildman–Crippen LogP) is 3.76. The fourth-order valence-electron chi connectivity index (χ4n) is 3.18. The lowest BCUT2D eigenvalue weighted by molar-refractivity contribution is 0.0431. The normalized spacial score (nSPS) is 22.3. The number of carbonyl (C=O) groups is 1. The van der Waals surface area contributed by atoms with Crippen LogP contribution in [-0.4, -0.2) is 47.7 Å². The highest BCUT2D eigenvalue weighted by Gasteiger charge is 2.34. The molecule has 0 aromatic heterocycles. The van der Waals surface area contributed by atoms with E-state index in [1.165, 1.54) is 0 Å². The van der Waals surface area contributed by atoms with Gasteiger partial charge < -0.3 is 15.0 Å². The number of likely N-dealkylation sites (tertiary alicyclic amines) is 1. The van der Waals surface area contributed by atoms with E-state index in [0.717, 1.165) is 17.1 Å². The second-order valence-corrected chi connectivity index (χ2v) is 7.63. The first-order chi connectivity index (χ1) is 12.2. The van der Waals surface area contributed by atoms with E-state index < -0.39 is 23.9 Å². The number of aliphatic imine (C=N–C) groups is 1. The number of alkyl carbamates (subject to hydrolysis) is 1. The predicted molar refractivity (Wildman–Crippen MR) is 97.7 cm³/mol. The maximum absolute atomic E-state index is 14.3. The summed E-state index contributed by atoms with van der Waals surface area (Å²) < 4.78 is 19.5. The summed E-state index contributed by atoms with van der Waals surface area (Å²) in [5, 5.41) is 2.65. The van der Waals surface area contributed by atoms with Crippen LogP contribution >= 0.6 is 0 Å². The average molecular weight is 358 g/mol. The Bertz CT molecular complexity index is 779. The third-order valence-electron chi connectivity index (χ3n) is 4.39. The van der Waals surface area contributed by atoms with Gasteiger partial charge in [0.15, 0.2) is 5.69 Å². The number of amidine groups is 1. The van der Waals surface area contributed by atoms with Gasteiger partial charge in [-0.05, 0) is 38.8 Å². The van der Waals surface area contributed by atoms with Crippen LogP contribution in [0.3, 0.4) is 0 Å². The number of hydrogen-bond donors (Lipinski definition) is 1. The second-order valence-electron chi connectivity index (χ2n) is 7.63. The molecule has 3 rings (SSSR count). The van der Waals surface area contributed by atoms with Gasteiger partial charge in [0.2, 0.25) is 0 Å². The molecule has 2 heterocycles. The molecule has 1 saturated heterocycles. The molecular formula is C19H23FN4O2. The Balaban J connectivity index is 1.65. The highest BCUT2D eigenvalue weighted by atomic mass is 19.1. The van der Waals surface area contributed by atoms with Crippen molar-refractivity contribution in [2.24, 2.45) is 4.99 Å². The van der Waals surface area contributed by atoms with Gasteiger partial charge in [0.25, 0.3) is 0 Å². The number of hydrogen-bond acceptors (Lipinski definition) is 4. The van der Waals surface area contributed by atoms with E-state index in [0.29, 0.717) is 31.6 Å². The van der Waals surface area contributed by atoms with Crippen LogP contribution in [0.15, 0.2) is 23.2 Å². The van der Waals surface area contributed by atoms with Crippen molar-refractivity contribution in [3.63, 3.8) is 0 Å². The van der Waals surface area contributed by atoms with Gasteiger partial charge in [0, 0.05) is 19.5 Å². The summed E-state index contributed by atoms with van der Waals surface area (Å²) in [5.74, 6) is 0.852. The molecular weight excluding hydrogens is 335 g/mol. The molecule has 1 amide bonds. The molecule has 1 fully saturated rings. The lowest BCUT2D eigenvalue weighted by Gasteiger charge is -2.36. The molecule has 2 aliphatic heterocycles. The number of ether oxygens (including phenoxy) is 1. The van der Waals surface area contributed by atoms with Crippen molar-refractivity contribution >= 4 is 23.3 Å². The van der Waals surface area contributed by atoms with Gasteiger partial charge in [0.05, 0.1) is 18.3 Å². The molecule has 138 valence electrons. The first-order valence-electron chi connectivity index (χ1n) is 8.71. The van der Waals surface area contributed by atoms with E-state index in [-0.39, 0.29) is 0 Å². The van der Waals surface area contributed by atoms with Crippen molar-refractivity contribution in [2.45, 2.75) is 51.4 Å². The standard InChI is InChI=1S/C19H23FN4O2/c1-19(2,3)26-18(25)23-16-11-24(8-7-14(16)20)17-10-12-9-13(21-4)5-6-15(12)22-17/h5-6,9,14,16H,7-8,10-11H2,1-3H3,(H,23,25)/t14-,16-/m1/s1. The van der Waals surface area contributed by atoms with E-state index in [1.54, 1.807) is 26.8 Å². The largest absolute Gasteiger partial charge is 0.444 e. The lowest BCUT2D eigenvalue weighted by Crippen LogP contribution is -2.55. The number of nitrogens with one attached hydrogen (secondary N) is 1. The van der Waals surface area contributed by atoms with Crippen LogP contribution in [0, 0.1) is 6.57 Å².